The van der Waals surface area contributed by atoms with Crippen LogP contribution in [0.4, 0.5) is 11.4 Å². The fourth-order valence-corrected chi connectivity index (χ4v) is 2.83. The lowest BCUT2D eigenvalue weighted by molar-refractivity contribution is -0.115. The zero-order valence-corrected chi connectivity index (χ0v) is 13.6. The molecular formula is C18H19ClN2O2. The number of hydrogen-bond donors (Lipinski definition) is 1. The van der Waals surface area contributed by atoms with Crippen molar-refractivity contribution in [2.24, 2.45) is 0 Å². The average Bonchev–Trinajstić information content (AvgIpc) is 2.56. The number of halogens is 1. The van der Waals surface area contributed by atoms with E-state index >= 15 is 0 Å². The first-order valence-corrected chi connectivity index (χ1v) is 8.05. The van der Waals surface area contributed by atoms with Crippen LogP contribution in [0.2, 0.25) is 5.02 Å². The molecule has 1 aliphatic rings. The Balaban J connectivity index is 1.58. The first-order chi connectivity index (χ1) is 11.2. The summed E-state index contributed by atoms with van der Waals surface area (Å²) in [4.78, 5) is 14.4. The van der Waals surface area contributed by atoms with Crippen LogP contribution in [-0.4, -0.2) is 32.2 Å². The van der Waals surface area contributed by atoms with Crippen molar-refractivity contribution in [3.8, 4) is 0 Å². The van der Waals surface area contributed by atoms with Crippen LogP contribution in [-0.2, 0) is 16.0 Å². The molecular weight excluding hydrogens is 312 g/mol. The lowest BCUT2D eigenvalue weighted by atomic mass is 10.1. The standard InChI is InChI=1S/C18H19ClN2O2/c19-15-3-1-2-14(12-15)13-18(22)20-16-4-6-17(7-5-16)21-8-10-23-11-9-21/h1-7,12H,8-11,13H2,(H,20,22). The first kappa shape index (κ1) is 15.8. The second-order valence-electron chi connectivity index (χ2n) is 5.50. The topological polar surface area (TPSA) is 41.6 Å². The van der Waals surface area contributed by atoms with Gasteiger partial charge in [0.1, 0.15) is 0 Å². The number of rotatable bonds is 4. The van der Waals surface area contributed by atoms with E-state index in [9.17, 15) is 4.79 Å². The van der Waals surface area contributed by atoms with Crippen LogP contribution in [0.15, 0.2) is 48.5 Å². The van der Waals surface area contributed by atoms with Gasteiger partial charge in [-0.1, -0.05) is 23.7 Å². The lowest BCUT2D eigenvalue weighted by Gasteiger charge is -2.28. The number of hydrogen-bond acceptors (Lipinski definition) is 3. The minimum Gasteiger partial charge on any atom is -0.378 e. The summed E-state index contributed by atoms with van der Waals surface area (Å²) < 4.78 is 5.35. The second kappa shape index (κ2) is 7.49. The van der Waals surface area contributed by atoms with Crippen LogP contribution < -0.4 is 10.2 Å². The largest absolute Gasteiger partial charge is 0.378 e. The lowest BCUT2D eigenvalue weighted by Crippen LogP contribution is -2.36. The van der Waals surface area contributed by atoms with Crippen LogP contribution in [0.3, 0.4) is 0 Å². The molecule has 1 heterocycles. The van der Waals surface area contributed by atoms with Crippen LogP contribution in [0, 0.1) is 0 Å². The molecule has 1 saturated heterocycles. The maximum absolute atomic E-state index is 12.1. The van der Waals surface area contributed by atoms with Crippen molar-refractivity contribution in [3.63, 3.8) is 0 Å². The number of ether oxygens (including phenoxy) is 1. The van der Waals surface area contributed by atoms with Crippen molar-refractivity contribution < 1.29 is 9.53 Å². The van der Waals surface area contributed by atoms with Gasteiger partial charge in [-0.05, 0) is 42.0 Å². The summed E-state index contributed by atoms with van der Waals surface area (Å²) in [6, 6.07) is 15.3. The Morgan fingerprint density at radius 2 is 1.87 bits per heavy atom. The SMILES string of the molecule is O=C(Cc1cccc(Cl)c1)Nc1ccc(N2CCOCC2)cc1. The molecule has 1 fully saturated rings. The molecule has 5 heteroatoms. The monoisotopic (exact) mass is 330 g/mol. The molecule has 0 spiro atoms. The molecule has 0 unspecified atom stereocenters. The second-order valence-corrected chi connectivity index (χ2v) is 5.94. The number of amides is 1. The molecule has 0 atom stereocenters. The Kier molecular flexibility index (Phi) is 5.16. The first-order valence-electron chi connectivity index (χ1n) is 7.68. The summed E-state index contributed by atoms with van der Waals surface area (Å²) in [5.74, 6) is -0.0496. The molecule has 1 N–H and O–H groups in total. The Morgan fingerprint density at radius 3 is 2.57 bits per heavy atom. The van der Waals surface area contributed by atoms with Gasteiger partial charge in [-0.3, -0.25) is 4.79 Å². The molecule has 2 aromatic rings. The molecule has 0 aliphatic carbocycles. The van der Waals surface area contributed by atoms with Crippen molar-refractivity contribution in [3.05, 3.63) is 59.1 Å². The zero-order valence-electron chi connectivity index (χ0n) is 12.8. The van der Waals surface area contributed by atoms with Crippen LogP contribution >= 0.6 is 11.6 Å². The third-order valence-electron chi connectivity index (χ3n) is 3.78. The number of carbonyl (C=O) groups is 1. The summed E-state index contributed by atoms with van der Waals surface area (Å²) in [7, 11) is 0. The predicted molar refractivity (Wildman–Crippen MR) is 93.3 cm³/mol. The molecule has 1 amide bonds. The highest BCUT2D eigenvalue weighted by molar-refractivity contribution is 6.30. The van der Waals surface area contributed by atoms with E-state index in [2.05, 4.69) is 10.2 Å². The summed E-state index contributed by atoms with van der Waals surface area (Å²) >= 11 is 5.93. The molecule has 120 valence electrons. The number of carbonyl (C=O) groups excluding carboxylic acids is 1. The highest BCUT2D eigenvalue weighted by atomic mass is 35.5. The maximum Gasteiger partial charge on any atom is 0.228 e. The normalized spacial score (nSPS) is 14.6. The van der Waals surface area contributed by atoms with Crippen LogP contribution in [0.5, 0.6) is 0 Å². The van der Waals surface area contributed by atoms with E-state index in [4.69, 9.17) is 16.3 Å². The molecule has 4 nitrogen and oxygen atoms in total. The average molecular weight is 331 g/mol. The molecule has 0 saturated carbocycles. The summed E-state index contributed by atoms with van der Waals surface area (Å²) in [6.45, 7) is 3.33. The molecule has 0 bridgehead atoms. The van der Waals surface area contributed by atoms with Gasteiger partial charge in [0.25, 0.3) is 0 Å². The summed E-state index contributed by atoms with van der Waals surface area (Å²) in [5.41, 5.74) is 2.86. The predicted octanol–water partition coefficient (Wildman–Crippen LogP) is 3.36. The molecule has 0 radical (unpaired) electrons. The Hall–Kier alpha value is -2.04. The zero-order chi connectivity index (χ0) is 16.1. The van der Waals surface area contributed by atoms with Crippen molar-refractivity contribution in [1.82, 2.24) is 0 Å². The smallest absolute Gasteiger partial charge is 0.228 e. The number of nitrogens with one attached hydrogen (secondary N) is 1. The Bertz CT molecular complexity index is 667. The van der Waals surface area contributed by atoms with Crippen molar-refractivity contribution >= 4 is 28.9 Å². The van der Waals surface area contributed by atoms with E-state index in [0.717, 1.165) is 43.2 Å². The van der Waals surface area contributed by atoms with Gasteiger partial charge in [-0.15, -0.1) is 0 Å². The quantitative estimate of drug-likeness (QED) is 0.934. The minimum atomic E-state index is -0.0496. The number of anilines is 2. The molecule has 1 aliphatic heterocycles. The highest BCUT2D eigenvalue weighted by Gasteiger charge is 2.11. The van der Waals surface area contributed by atoms with Gasteiger partial charge in [0.2, 0.25) is 5.91 Å². The van der Waals surface area contributed by atoms with E-state index in [0.29, 0.717) is 11.4 Å². The van der Waals surface area contributed by atoms with Gasteiger partial charge in [-0.2, -0.15) is 0 Å². The molecule has 3 rings (SSSR count). The Morgan fingerprint density at radius 1 is 1.13 bits per heavy atom. The fourth-order valence-electron chi connectivity index (χ4n) is 2.61. The van der Waals surface area contributed by atoms with Crippen LogP contribution in [0.1, 0.15) is 5.56 Å². The van der Waals surface area contributed by atoms with E-state index in [1.54, 1.807) is 6.07 Å². The van der Waals surface area contributed by atoms with Gasteiger partial charge >= 0.3 is 0 Å². The summed E-state index contributed by atoms with van der Waals surface area (Å²) in [6.07, 6.45) is 0.311. The van der Waals surface area contributed by atoms with Gasteiger partial charge in [0.05, 0.1) is 19.6 Å². The van der Waals surface area contributed by atoms with Gasteiger partial charge < -0.3 is 15.0 Å². The Labute approximate surface area is 141 Å². The van der Waals surface area contributed by atoms with Gasteiger partial charge in [-0.25, -0.2) is 0 Å². The van der Waals surface area contributed by atoms with Crippen molar-refractivity contribution in [2.45, 2.75) is 6.42 Å². The molecule has 23 heavy (non-hydrogen) atoms. The summed E-state index contributed by atoms with van der Waals surface area (Å²) in [5, 5.41) is 3.56. The maximum atomic E-state index is 12.1. The van der Waals surface area contributed by atoms with Gasteiger partial charge in [0.15, 0.2) is 0 Å². The third kappa shape index (κ3) is 4.47. The number of nitrogens with zero attached hydrogens (tertiary/aromatic N) is 1. The van der Waals surface area contributed by atoms with Crippen molar-refractivity contribution in [1.29, 1.82) is 0 Å². The van der Waals surface area contributed by atoms with Gasteiger partial charge in [0, 0.05) is 29.5 Å². The van der Waals surface area contributed by atoms with Crippen LogP contribution in [0.25, 0.3) is 0 Å². The highest BCUT2D eigenvalue weighted by Crippen LogP contribution is 2.19. The third-order valence-corrected chi connectivity index (χ3v) is 4.02. The van der Waals surface area contributed by atoms with Crippen molar-refractivity contribution in [2.75, 3.05) is 36.5 Å². The number of morpholine rings is 1. The van der Waals surface area contributed by atoms with E-state index in [1.165, 1.54) is 0 Å². The minimum absolute atomic E-state index is 0.0496. The van der Waals surface area contributed by atoms with E-state index in [1.807, 2.05) is 42.5 Å². The number of benzene rings is 2. The molecule has 0 aromatic heterocycles. The van der Waals surface area contributed by atoms with E-state index < -0.39 is 0 Å². The fraction of sp³-hybridized carbons (Fsp3) is 0.278. The van der Waals surface area contributed by atoms with E-state index in [-0.39, 0.29) is 5.91 Å². The molecule has 2 aromatic carbocycles.